The SMILES string of the molecule is O=C([O-])c1n[nH]nc1C(=O)c1ccccc1[N+](=O)[O-]. The summed E-state index contributed by atoms with van der Waals surface area (Å²) in [7, 11) is 0. The van der Waals surface area contributed by atoms with Crippen molar-refractivity contribution >= 4 is 17.4 Å². The van der Waals surface area contributed by atoms with E-state index in [9.17, 15) is 24.8 Å². The normalized spacial score (nSPS) is 10.1. The Labute approximate surface area is 105 Å². The van der Waals surface area contributed by atoms with E-state index in [4.69, 9.17) is 0 Å². The Balaban J connectivity index is 2.54. The van der Waals surface area contributed by atoms with Gasteiger partial charge in [0, 0.05) is 6.07 Å². The second kappa shape index (κ2) is 4.64. The molecule has 1 aromatic carbocycles. The molecule has 0 aliphatic carbocycles. The summed E-state index contributed by atoms with van der Waals surface area (Å²) in [5.74, 6) is -2.61. The van der Waals surface area contributed by atoms with Gasteiger partial charge in [0.05, 0.1) is 10.9 Å². The molecule has 0 atom stereocenters. The molecule has 0 unspecified atom stereocenters. The highest BCUT2D eigenvalue weighted by Crippen LogP contribution is 2.21. The molecule has 1 heterocycles. The second-order valence-electron chi connectivity index (χ2n) is 3.41. The molecule has 0 saturated heterocycles. The number of nitrogens with one attached hydrogen (secondary N) is 1. The lowest BCUT2D eigenvalue weighted by Gasteiger charge is -2.02. The first-order valence-electron chi connectivity index (χ1n) is 4.92. The highest BCUT2D eigenvalue weighted by atomic mass is 16.6. The number of ketones is 1. The van der Waals surface area contributed by atoms with Gasteiger partial charge in [-0.25, -0.2) is 0 Å². The van der Waals surface area contributed by atoms with Crippen LogP contribution < -0.4 is 5.11 Å². The maximum Gasteiger partial charge on any atom is 0.280 e. The van der Waals surface area contributed by atoms with Gasteiger partial charge < -0.3 is 9.90 Å². The van der Waals surface area contributed by atoms with Gasteiger partial charge in [0.25, 0.3) is 5.69 Å². The lowest BCUT2D eigenvalue weighted by Crippen LogP contribution is -2.25. The van der Waals surface area contributed by atoms with Crippen LogP contribution in [-0.4, -0.2) is 32.1 Å². The van der Waals surface area contributed by atoms with E-state index in [1.54, 1.807) is 0 Å². The van der Waals surface area contributed by atoms with Crippen molar-refractivity contribution in [2.45, 2.75) is 0 Å². The Morgan fingerprint density at radius 2 is 1.79 bits per heavy atom. The van der Waals surface area contributed by atoms with Crippen LogP contribution in [0.4, 0.5) is 5.69 Å². The summed E-state index contributed by atoms with van der Waals surface area (Å²) in [5.41, 5.74) is -1.94. The van der Waals surface area contributed by atoms with Crippen LogP contribution in [0.2, 0.25) is 0 Å². The Kier molecular flexibility index (Phi) is 3.02. The molecule has 0 aliphatic rings. The summed E-state index contributed by atoms with van der Waals surface area (Å²) in [4.78, 5) is 32.8. The number of aromatic carboxylic acids is 1. The van der Waals surface area contributed by atoms with E-state index in [0.29, 0.717) is 0 Å². The molecule has 9 nitrogen and oxygen atoms in total. The van der Waals surface area contributed by atoms with E-state index in [1.807, 2.05) is 5.21 Å². The van der Waals surface area contributed by atoms with E-state index >= 15 is 0 Å². The summed E-state index contributed by atoms with van der Waals surface area (Å²) in [5, 5.41) is 30.1. The van der Waals surface area contributed by atoms with Crippen molar-refractivity contribution in [1.82, 2.24) is 15.4 Å². The molecule has 0 spiro atoms. The fraction of sp³-hybridized carbons (Fsp3) is 0. The zero-order valence-electron chi connectivity index (χ0n) is 9.19. The second-order valence-corrected chi connectivity index (χ2v) is 3.41. The highest BCUT2D eigenvalue weighted by molar-refractivity contribution is 6.13. The first kappa shape index (κ1) is 12.4. The van der Waals surface area contributed by atoms with E-state index in [1.165, 1.54) is 18.2 Å². The molecule has 1 aromatic heterocycles. The van der Waals surface area contributed by atoms with Gasteiger partial charge in [-0.3, -0.25) is 14.9 Å². The van der Waals surface area contributed by atoms with Crippen LogP contribution in [0, 0.1) is 10.1 Å². The van der Waals surface area contributed by atoms with Gasteiger partial charge in [0.15, 0.2) is 5.69 Å². The smallest absolute Gasteiger partial charge is 0.280 e. The van der Waals surface area contributed by atoms with Gasteiger partial charge in [-0.05, 0) is 6.07 Å². The molecular formula is C10H5N4O5-. The zero-order chi connectivity index (χ0) is 14.0. The monoisotopic (exact) mass is 261 g/mol. The Bertz CT molecular complexity index is 678. The fourth-order valence-electron chi connectivity index (χ4n) is 1.48. The van der Waals surface area contributed by atoms with Gasteiger partial charge in [0.1, 0.15) is 11.3 Å². The number of hydrogen-bond donors (Lipinski definition) is 1. The molecule has 19 heavy (non-hydrogen) atoms. The largest absolute Gasteiger partial charge is 0.543 e. The summed E-state index contributed by atoms with van der Waals surface area (Å²) in [6.07, 6.45) is 0. The maximum atomic E-state index is 12.0. The Hall–Kier alpha value is -3.10. The van der Waals surface area contributed by atoms with Gasteiger partial charge in [0.2, 0.25) is 5.78 Å². The van der Waals surface area contributed by atoms with Gasteiger partial charge >= 0.3 is 0 Å². The van der Waals surface area contributed by atoms with Crippen LogP contribution in [0.1, 0.15) is 26.5 Å². The topological polar surface area (TPSA) is 142 Å². The van der Waals surface area contributed by atoms with Crippen molar-refractivity contribution in [3.63, 3.8) is 0 Å². The number of para-hydroxylation sites is 1. The quantitative estimate of drug-likeness (QED) is 0.435. The number of hydrogen-bond acceptors (Lipinski definition) is 7. The number of carbonyl (C=O) groups is 2. The van der Waals surface area contributed by atoms with Gasteiger partial charge in [-0.15, -0.1) is 0 Å². The molecule has 0 fully saturated rings. The van der Waals surface area contributed by atoms with Gasteiger partial charge in [-0.2, -0.15) is 15.4 Å². The molecule has 9 heteroatoms. The van der Waals surface area contributed by atoms with Crippen molar-refractivity contribution in [3.05, 3.63) is 51.3 Å². The molecule has 0 bridgehead atoms. The number of benzene rings is 1. The van der Waals surface area contributed by atoms with Crippen LogP contribution in [0.5, 0.6) is 0 Å². The van der Waals surface area contributed by atoms with Crippen LogP contribution in [0.3, 0.4) is 0 Å². The average Bonchev–Trinajstić information content (AvgIpc) is 2.87. The Morgan fingerprint density at radius 1 is 1.16 bits per heavy atom. The summed E-state index contributed by atoms with van der Waals surface area (Å²) < 4.78 is 0. The van der Waals surface area contributed by atoms with Crippen LogP contribution >= 0.6 is 0 Å². The predicted molar refractivity (Wildman–Crippen MR) is 57.2 cm³/mol. The molecule has 0 radical (unpaired) electrons. The number of aromatic nitrogens is 3. The third-order valence-corrected chi connectivity index (χ3v) is 2.30. The van der Waals surface area contributed by atoms with Crippen molar-refractivity contribution in [2.24, 2.45) is 0 Å². The minimum absolute atomic E-state index is 0.274. The van der Waals surface area contributed by atoms with Crippen molar-refractivity contribution in [2.75, 3.05) is 0 Å². The molecule has 0 saturated carbocycles. The van der Waals surface area contributed by atoms with Crippen LogP contribution in [-0.2, 0) is 0 Å². The molecule has 0 amide bonds. The number of nitro groups is 1. The highest BCUT2D eigenvalue weighted by Gasteiger charge is 2.25. The van der Waals surface area contributed by atoms with Crippen molar-refractivity contribution in [1.29, 1.82) is 0 Å². The molecule has 2 rings (SSSR count). The summed E-state index contributed by atoms with van der Waals surface area (Å²) >= 11 is 0. The standard InChI is InChI=1S/C10H6N4O5/c15-9(7-8(10(16)17)12-13-11-7)5-3-1-2-4-6(5)14(18)19/h1-4H,(H,16,17)(H,11,12,13)/p-1. The molecule has 0 aliphatic heterocycles. The number of nitrogens with zero attached hydrogens (tertiary/aromatic N) is 3. The minimum atomic E-state index is -1.70. The van der Waals surface area contributed by atoms with Crippen molar-refractivity contribution in [3.8, 4) is 0 Å². The minimum Gasteiger partial charge on any atom is -0.543 e. The van der Waals surface area contributed by atoms with Crippen LogP contribution in [0.25, 0.3) is 0 Å². The third kappa shape index (κ3) is 2.16. The summed E-state index contributed by atoms with van der Waals surface area (Å²) in [6.45, 7) is 0. The third-order valence-electron chi connectivity index (χ3n) is 2.30. The van der Waals surface area contributed by atoms with E-state index in [-0.39, 0.29) is 5.56 Å². The van der Waals surface area contributed by atoms with Crippen LogP contribution in [0.15, 0.2) is 24.3 Å². The number of carboxylic acid groups (broad SMARTS) is 1. The molecular weight excluding hydrogens is 256 g/mol. The van der Waals surface area contributed by atoms with E-state index in [2.05, 4.69) is 10.2 Å². The first-order valence-corrected chi connectivity index (χ1v) is 4.92. The predicted octanol–water partition coefficient (Wildman–Crippen LogP) is -0.693. The lowest BCUT2D eigenvalue weighted by molar-refractivity contribution is -0.385. The molecule has 2 aromatic rings. The number of carboxylic acids is 1. The first-order chi connectivity index (χ1) is 9.02. The average molecular weight is 261 g/mol. The molecule has 1 N–H and O–H groups in total. The Morgan fingerprint density at radius 3 is 2.42 bits per heavy atom. The molecule has 96 valence electrons. The van der Waals surface area contributed by atoms with Crippen molar-refractivity contribution < 1.29 is 19.6 Å². The lowest BCUT2D eigenvalue weighted by atomic mass is 10.1. The summed E-state index contributed by atoms with van der Waals surface area (Å²) in [6, 6.07) is 5.14. The van der Waals surface area contributed by atoms with Gasteiger partial charge in [-0.1, -0.05) is 12.1 Å². The van der Waals surface area contributed by atoms with E-state index in [0.717, 1.165) is 6.07 Å². The number of H-pyrrole nitrogens is 1. The van der Waals surface area contributed by atoms with E-state index < -0.39 is 33.8 Å². The number of nitro benzene ring substituents is 1. The maximum absolute atomic E-state index is 12.0. The fourth-order valence-corrected chi connectivity index (χ4v) is 1.48. The number of rotatable bonds is 4. The zero-order valence-corrected chi connectivity index (χ0v) is 9.19. The number of aromatic amines is 1. The number of carbonyl (C=O) groups excluding carboxylic acids is 2.